The van der Waals surface area contributed by atoms with E-state index in [1.807, 2.05) is 57.2 Å². The van der Waals surface area contributed by atoms with Crippen molar-refractivity contribution in [2.75, 3.05) is 13.2 Å². The Labute approximate surface area is 194 Å². The van der Waals surface area contributed by atoms with Crippen LogP contribution >= 0.6 is 0 Å². The molecule has 3 rings (SSSR count). The molecule has 0 aliphatic carbocycles. The summed E-state index contributed by atoms with van der Waals surface area (Å²) in [7, 11) is 0. The van der Waals surface area contributed by atoms with Gasteiger partial charge in [-0.2, -0.15) is 5.10 Å². The molecule has 0 unspecified atom stereocenters. The number of benzene rings is 2. The summed E-state index contributed by atoms with van der Waals surface area (Å²) < 4.78 is 13.6. The number of hydrogen-bond donors (Lipinski definition) is 2. The Hall–Kier alpha value is -3.32. The minimum absolute atomic E-state index is 0.0870. The maximum atomic E-state index is 11.3. The molecule has 2 aromatic carbocycles. The third kappa shape index (κ3) is 6.14. The van der Waals surface area contributed by atoms with Gasteiger partial charge in [-0.1, -0.05) is 32.0 Å². The van der Waals surface area contributed by atoms with Crippen LogP contribution in [0.4, 0.5) is 0 Å². The number of aliphatic hydroxyl groups excluding tert-OH is 1. The standard InChI is InChI=1S/C26H32N2O5/c1-4-13-33-25-12-11-18(15-26(30)31)14-21(25)22-16-23(28(27-22)17-19(29)5-2)20-9-7-8-10-24(20)32-6-3/h7-12,14,16,19,29H,4-6,13,15,17H2,1-3H3,(H,30,31)/t19-/m0/s1. The highest BCUT2D eigenvalue weighted by atomic mass is 16.5. The first-order valence-electron chi connectivity index (χ1n) is 11.4. The first-order chi connectivity index (χ1) is 16.0. The van der Waals surface area contributed by atoms with Gasteiger partial charge in [0.15, 0.2) is 0 Å². The normalized spacial score (nSPS) is 11.9. The molecule has 1 aromatic heterocycles. The van der Waals surface area contributed by atoms with E-state index < -0.39 is 12.1 Å². The van der Waals surface area contributed by atoms with Crippen molar-refractivity contribution in [2.24, 2.45) is 0 Å². The van der Waals surface area contributed by atoms with E-state index in [9.17, 15) is 15.0 Å². The molecule has 0 saturated heterocycles. The van der Waals surface area contributed by atoms with E-state index >= 15 is 0 Å². The number of rotatable bonds is 12. The van der Waals surface area contributed by atoms with Crippen LogP contribution in [-0.4, -0.2) is 45.3 Å². The lowest BCUT2D eigenvalue weighted by atomic mass is 10.0. The maximum Gasteiger partial charge on any atom is 0.307 e. The molecule has 33 heavy (non-hydrogen) atoms. The summed E-state index contributed by atoms with van der Waals surface area (Å²) in [6.07, 6.45) is 0.808. The second-order valence-electron chi connectivity index (χ2n) is 7.84. The van der Waals surface area contributed by atoms with E-state index in [4.69, 9.17) is 14.6 Å². The van der Waals surface area contributed by atoms with Crippen molar-refractivity contribution in [3.8, 4) is 34.0 Å². The summed E-state index contributed by atoms with van der Waals surface area (Å²) in [4.78, 5) is 11.3. The molecule has 1 atom stereocenters. The Balaban J connectivity index is 2.15. The van der Waals surface area contributed by atoms with Gasteiger partial charge in [0.1, 0.15) is 11.5 Å². The summed E-state index contributed by atoms with van der Waals surface area (Å²) in [6.45, 7) is 7.29. The van der Waals surface area contributed by atoms with Crippen molar-refractivity contribution in [1.29, 1.82) is 0 Å². The van der Waals surface area contributed by atoms with E-state index in [1.54, 1.807) is 16.8 Å². The summed E-state index contributed by atoms with van der Waals surface area (Å²) >= 11 is 0. The Bertz CT molecular complexity index is 1080. The van der Waals surface area contributed by atoms with Crippen LogP contribution < -0.4 is 9.47 Å². The number of para-hydroxylation sites is 1. The van der Waals surface area contributed by atoms with Gasteiger partial charge in [-0.25, -0.2) is 0 Å². The van der Waals surface area contributed by atoms with Crippen LogP contribution in [0.3, 0.4) is 0 Å². The van der Waals surface area contributed by atoms with Crippen LogP contribution in [0.1, 0.15) is 39.2 Å². The molecular weight excluding hydrogens is 420 g/mol. The maximum absolute atomic E-state index is 11.3. The van der Waals surface area contributed by atoms with Gasteiger partial charge < -0.3 is 19.7 Å². The molecule has 0 saturated carbocycles. The monoisotopic (exact) mass is 452 g/mol. The molecule has 1 heterocycles. The minimum atomic E-state index is -0.897. The number of hydrogen-bond acceptors (Lipinski definition) is 5. The fraction of sp³-hybridized carbons (Fsp3) is 0.385. The molecule has 0 amide bonds. The number of carboxylic acids is 1. The van der Waals surface area contributed by atoms with Gasteiger partial charge in [-0.05, 0) is 55.7 Å². The smallest absolute Gasteiger partial charge is 0.307 e. The molecule has 7 heteroatoms. The van der Waals surface area contributed by atoms with Gasteiger partial charge in [0.05, 0.1) is 43.7 Å². The molecule has 0 aliphatic heterocycles. The van der Waals surface area contributed by atoms with Crippen molar-refractivity contribution in [3.05, 3.63) is 54.1 Å². The molecular formula is C26H32N2O5. The number of carboxylic acid groups (broad SMARTS) is 1. The molecule has 0 spiro atoms. The average molecular weight is 453 g/mol. The van der Waals surface area contributed by atoms with Gasteiger partial charge in [0, 0.05) is 11.1 Å². The fourth-order valence-electron chi connectivity index (χ4n) is 3.59. The quantitative estimate of drug-likeness (QED) is 0.410. The predicted octanol–water partition coefficient (Wildman–Crippen LogP) is 4.80. The van der Waals surface area contributed by atoms with Gasteiger partial charge in [0.25, 0.3) is 0 Å². The summed E-state index contributed by atoms with van der Waals surface area (Å²) in [5, 5.41) is 24.4. The highest BCUT2D eigenvalue weighted by Gasteiger charge is 2.19. The Morgan fingerprint density at radius 2 is 1.79 bits per heavy atom. The summed E-state index contributed by atoms with van der Waals surface area (Å²) in [5.41, 5.74) is 3.73. The van der Waals surface area contributed by atoms with Crippen LogP contribution in [-0.2, 0) is 17.8 Å². The van der Waals surface area contributed by atoms with Crippen molar-refractivity contribution in [3.63, 3.8) is 0 Å². The highest BCUT2D eigenvalue weighted by Crippen LogP contribution is 2.36. The van der Waals surface area contributed by atoms with E-state index in [-0.39, 0.29) is 6.42 Å². The van der Waals surface area contributed by atoms with E-state index in [2.05, 4.69) is 0 Å². The summed E-state index contributed by atoms with van der Waals surface area (Å²) in [5.74, 6) is 0.489. The number of aliphatic hydroxyl groups is 1. The lowest BCUT2D eigenvalue weighted by Gasteiger charge is -2.14. The van der Waals surface area contributed by atoms with Crippen molar-refractivity contribution in [1.82, 2.24) is 9.78 Å². The molecule has 2 N–H and O–H groups in total. The molecule has 7 nitrogen and oxygen atoms in total. The number of aromatic nitrogens is 2. The molecule has 0 radical (unpaired) electrons. The second kappa shape index (κ2) is 11.5. The van der Waals surface area contributed by atoms with Gasteiger partial charge in [-0.3, -0.25) is 9.48 Å². The van der Waals surface area contributed by atoms with E-state index in [0.29, 0.717) is 43.2 Å². The van der Waals surface area contributed by atoms with Crippen molar-refractivity contribution >= 4 is 5.97 Å². The van der Waals surface area contributed by atoms with Crippen LogP contribution in [0.5, 0.6) is 11.5 Å². The van der Waals surface area contributed by atoms with Crippen molar-refractivity contribution < 1.29 is 24.5 Å². The Morgan fingerprint density at radius 3 is 2.48 bits per heavy atom. The topological polar surface area (TPSA) is 93.8 Å². The molecule has 0 bridgehead atoms. The lowest BCUT2D eigenvalue weighted by Crippen LogP contribution is -2.16. The van der Waals surface area contributed by atoms with Gasteiger partial charge >= 0.3 is 5.97 Å². The highest BCUT2D eigenvalue weighted by molar-refractivity contribution is 5.77. The molecule has 0 fully saturated rings. The molecule has 3 aromatic rings. The molecule has 0 aliphatic rings. The fourth-order valence-corrected chi connectivity index (χ4v) is 3.59. The number of carbonyl (C=O) groups is 1. The largest absolute Gasteiger partial charge is 0.493 e. The number of aliphatic carboxylic acids is 1. The zero-order chi connectivity index (χ0) is 23.8. The zero-order valence-corrected chi connectivity index (χ0v) is 19.5. The molecule has 176 valence electrons. The third-order valence-electron chi connectivity index (χ3n) is 5.23. The van der Waals surface area contributed by atoms with Crippen molar-refractivity contribution in [2.45, 2.75) is 52.7 Å². The SMILES string of the molecule is CCCOc1ccc(CC(=O)O)cc1-c1cc(-c2ccccc2OCC)n(C[C@@H](O)CC)n1. The second-order valence-corrected chi connectivity index (χ2v) is 7.84. The number of nitrogens with zero attached hydrogens (tertiary/aromatic N) is 2. The van der Waals surface area contributed by atoms with E-state index in [1.165, 1.54) is 0 Å². The lowest BCUT2D eigenvalue weighted by molar-refractivity contribution is -0.136. The minimum Gasteiger partial charge on any atom is -0.493 e. The average Bonchev–Trinajstić information content (AvgIpc) is 3.21. The Kier molecular flexibility index (Phi) is 8.49. The number of ether oxygens (including phenoxy) is 2. The third-order valence-corrected chi connectivity index (χ3v) is 5.23. The van der Waals surface area contributed by atoms with Gasteiger partial charge in [-0.15, -0.1) is 0 Å². The first-order valence-corrected chi connectivity index (χ1v) is 11.4. The van der Waals surface area contributed by atoms with Crippen LogP contribution in [0.2, 0.25) is 0 Å². The predicted molar refractivity (Wildman–Crippen MR) is 128 cm³/mol. The van der Waals surface area contributed by atoms with Gasteiger partial charge in [0.2, 0.25) is 0 Å². The zero-order valence-electron chi connectivity index (χ0n) is 19.5. The first kappa shape index (κ1) is 24.3. The summed E-state index contributed by atoms with van der Waals surface area (Å²) in [6, 6.07) is 15.1. The van der Waals surface area contributed by atoms with E-state index in [0.717, 1.165) is 29.0 Å². The van der Waals surface area contributed by atoms with Crippen LogP contribution in [0.25, 0.3) is 22.5 Å². The Morgan fingerprint density at radius 1 is 1.03 bits per heavy atom. The van der Waals surface area contributed by atoms with Crippen LogP contribution in [0, 0.1) is 0 Å². The van der Waals surface area contributed by atoms with Crippen LogP contribution in [0.15, 0.2) is 48.5 Å².